The Morgan fingerprint density at radius 2 is 1.95 bits per heavy atom. The number of nitrogens with two attached hydrogens (primary N) is 1. The first-order chi connectivity index (χ1) is 9.65. The Labute approximate surface area is 124 Å². The molecule has 0 radical (unpaired) electrons. The van der Waals surface area contributed by atoms with Crippen molar-refractivity contribution in [1.29, 1.82) is 0 Å². The molecule has 3 rings (SSSR count). The number of carbonyl (C=O) groups is 1. The molecule has 2 aromatic carbocycles. The Morgan fingerprint density at radius 3 is 2.80 bits per heavy atom. The molecule has 0 fully saturated rings. The van der Waals surface area contributed by atoms with E-state index in [0.29, 0.717) is 16.8 Å². The Kier molecular flexibility index (Phi) is 3.24. The second-order valence-electron chi connectivity index (χ2n) is 4.48. The predicted molar refractivity (Wildman–Crippen MR) is 83.7 cm³/mol. The van der Waals surface area contributed by atoms with E-state index < -0.39 is 0 Å². The van der Waals surface area contributed by atoms with Crippen molar-refractivity contribution in [2.24, 2.45) is 0 Å². The van der Waals surface area contributed by atoms with Gasteiger partial charge in [0.05, 0.1) is 5.52 Å². The predicted octanol–water partition coefficient (Wildman–Crippen LogP) is 3.81. The molecule has 0 atom stereocenters. The summed E-state index contributed by atoms with van der Waals surface area (Å²) in [6.45, 7) is 0. The molecule has 0 spiro atoms. The van der Waals surface area contributed by atoms with Gasteiger partial charge < -0.3 is 5.73 Å². The molecular formula is C16H11BrN2O. The van der Waals surface area contributed by atoms with E-state index in [2.05, 4.69) is 20.9 Å². The number of hydrogen-bond donors (Lipinski definition) is 1. The molecule has 1 aromatic heterocycles. The fraction of sp³-hybridized carbons (Fsp3) is 0. The minimum atomic E-state index is -0.0725. The van der Waals surface area contributed by atoms with Crippen LogP contribution in [0, 0.1) is 0 Å². The quantitative estimate of drug-likeness (QED) is 0.575. The van der Waals surface area contributed by atoms with Crippen molar-refractivity contribution in [3.05, 3.63) is 70.3 Å². The number of nitrogens with zero attached hydrogens (tertiary/aromatic N) is 1. The summed E-state index contributed by atoms with van der Waals surface area (Å²) in [5.74, 6) is -0.0725. The van der Waals surface area contributed by atoms with Crippen molar-refractivity contribution in [3.8, 4) is 0 Å². The van der Waals surface area contributed by atoms with Gasteiger partial charge >= 0.3 is 0 Å². The van der Waals surface area contributed by atoms with Gasteiger partial charge in [-0.2, -0.15) is 0 Å². The van der Waals surface area contributed by atoms with E-state index in [9.17, 15) is 4.79 Å². The van der Waals surface area contributed by atoms with Gasteiger partial charge in [0.2, 0.25) is 0 Å². The highest BCUT2D eigenvalue weighted by atomic mass is 79.9. The van der Waals surface area contributed by atoms with E-state index >= 15 is 0 Å². The second-order valence-corrected chi connectivity index (χ2v) is 5.33. The zero-order valence-electron chi connectivity index (χ0n) is 10.5. The smallest absolute Gasteiger partial charge is 0.194 e. The molecule has 0 bridgehead atoms. The van der Waals surface area contributed by atoms with E-state index in [4.69, 9.17) is 5.73 Å². The van der Waals surface area contributed by atoms with Crippen molar-refractivity contribution in [2.75, 3.05) is 5.73 Å². The van der Waals surface area contributed by atoms with Crippen LogP contribution in [0.5, 0.6) is 0 Å². The van der Waals surface area contributed by atoms with Gasteiger partial charge in [-0.25, -0.2) is 0 Å². The van der Waals surface area contributed by atoms with Crippen molar-refractivity contribution in [3.63, 3.8) is 0 Å². The summed E-state index contributed by atoms with van der Waals surface area (Å²) in [4.78, 5) is 16.8. The van der Waals surface area contributed by atoms with Crippen LogP contribution < -0.4 is 5.73 Å². The van der Waals surface area contributed by atoms with E-state index in [1.807, 2.05) is 24.3 Å². The number of rotatable bonds is 2. The molecule has 0 aliphatic rings. The van der Waals surface area contributed by atoms with Gasteiger partial charge in [-0.05, 0) is 30.3 Å². The van der Waals surface area contributed by atoms with Crippen LogP contribution in [-0.4, -0.2) is 10.8 Å². The van der Waals surface area contributed by atoms with E-state index in [0.717, 1.165) is 15.4 Å². The Morgan fingerprint density at radius 1 is 1.10 bits per heavy atom. The zero-order chi connectivity index (χ0) is 14.1. The molecule has 0 amide bonds. The first-order valence-electron chi connectivity index (χ1n) is 6.09. The van der Waals surface area contributed by atoms with Crippen molar-refractivity contribution < 1.29 is 4.79 Å². The fourth-order valence-electron chi connectivity index (χ4n) is 2.08. The fourth-order valence-corrected chi connectivity index (χ4v) is 2.51. The molecule has 0 unspecified atom stereocenters. The number of halogens is 1. The Hall–Kier alpha value is -2.20. The third-order valence-corrected chi connectivity index (χ3v) is 3.79. The number of nitrogen functional groups attached to an aromatic ring is 1. The summed E-state index contributed by atoms with van der Waals surface area (Å²) < 4.78 is 0.734. The van der Waals surface area contributed by atoms with Crippen LogP contribution in [0.3, 0.4) is 0 Å². The highest BCUT2D eigenvalue weighted by Gasteiger charge is 2.13. The lowest BCUT2D eigenvalue weighted by molar-refractivity contribution is 0.103. The number of hydrogen-bond acceptors (Lipinski definition) is 3. The van der Waals surface area contributed by atoms with Crippen molar-refractivity contribution in [1.82, 2.24) is 4.98 Å². The summed E-state index contributed by atoms with van der Waals surface area (Å²) in [6, 6.07) is 14.6. The normalized spacial score (nSPS) is 10.7. The van der Waals surface area contributed by atoms with Crippen LogP contribution in [0.25, 0.3) is 10.9 Å². The van der Waals surface area contributed by atoms with E-state index in [-0.39, 0.29) is 5.78 Å². The number of ketones is 1. The lowest BCUT2D eigenvalue weighted by Gasteiger charge is -2.06. The zero-order valence-corrected chi connectivity index (χ0v) is 12.1. The summed E-state index contributed by atoms with van der Waals surface area (Å²) in [7, 11) is 0. The standard InChI is InChI=1S/C16H11BrN2O/c17-14-6-5-12(18)9-13(14)16(20)11-4-3-10-2-1-7-19-15(10)8-11/h1-9H,18H2. The molecule has 0 aliphatic carbocycles. The summed E-state index contributed by atoms with van der Waals surface area (Å²) in [5.41, 5.74) is 8.27. The highest BCUT2D eigenvalue weighted by molar-refractivity contribution is 9.10. The average molecular weight is 327 g/mol. The number of aromatic nitrogens is 1. The molecule has 3 aromatic rings. The highest BCUT2D eigenvalue weighted by Crippen LogP contribution is 2.24. The monoisotopic (exact) mass is 326 g/mol. The number of benzene rings is 2. The summed E-state index contributed by atoms with van der Waals surface area (Å²) in [6.07, 6.45) is 1.72. The van der Waals surface area contributed by atoms with Gasteiger partial charge in [0.15, 0.2) is 5.78 Å². The topological polar surface area (TPSA) is 56.0 Å². The van der Waals surface area contributed by atoms with Crippen LogP contribution in [0.2, 0.25) is 0 Å². The van der Waals surface area contributed by atoms with Crippen LogP contribution >= 0.6 is 15.9 Å². The van der Waals surface area contributed by atoms with Crippen LogP contribution in [-0.2, 0) is 0 Å². The van der Waals surface area contributed by atoms with Gasteiger partial charge in [-0.15, -0.1) is 0 Å². The number of fused-ring (bicyclic) bond motifs is 1. The Balaban J connectivity index is 2.10. The van der Waals surface area contributed by atoms with Gasteiger partial charge in [0, 0.05) is 32.9 Å². The van der Waals surface area contributed by atoms with Crippen LogP contribution in [0.15, 0.2) is 59.2 Å². The summed E-state index contributed by atoms with van der Waals surface area (Å²) in [5, 5.41) is 1.01. The first kappa shape index (κ1) is 12.8. The van der Waals surface area contributed by atoms with Gasteiger partial charge in [0.25, 0.3) is 0 Å². The van der Waals surface area contributed by atoms with E-state index in [1.54, 1.807) is 30.5 Å². The van der Waals surface area contributed by atoms with E-state index in [1.165, 1.54) is 0 Å². The molecule has 3 nitrogen and oxygen atoms in total. The second kappa shape index (κ2) is 5.06. The van der Waals surface area contributed by atoms with Gasteiger partial charge in [-0.1, -0.05) is 34.1 Å². The molecular weight excluding hydrogens is 316 g/mol. The number of anilines is 1. The Bertz CT molecular complexity index is 814. The third-order valence-electron chi connectivity index (χ3n) is 3.10. The molecule has 1 heterocycles. The minimum Gasteiger partial charge on any atom is -0.399 e. The number of carbonyl (C=O) groups excluding carboxylic acids is 1. The maximum Gasteiger partial charge on any atom is 0.194 e. The molecule has 20 heavy (non-hydrogen) atoms. The SMILES string of the molecule is Nc1ccc(Br)c(C(=O)c2ccc3cccnc3c2)c1. The molecule has 98 valence electrons. The first-order valence-corrected chi connectivity index (χ1v) is 6.89. The van der Waals surface area contributed by atoms with Crippen molar-refractivity contribution in [2.45, 2.75) is 0 Å². The molecule has 0 saturated carbocycles. The maximum absolute atomic E-state index is 12.5. The minimum absolute atomic E-state index is 0.0725. The third kappa shape index (κ3) is 2.30. The number of pyridine rings is 1. The largest absolute Gasteiger partial charge is 0.399 e. The molecule has 4 heteroatoms. The van der Waals surface area contributed by atoms with Gasteiger partial charge in [0.1, 0.15) is 0 Å². The lowest BCUT2D eigenvalue weighted by Crippen LogP contribution is -2.03. The molecule has 0 aliphatic heterocycles. The van der Waals surface area contributed by atoms with Crippen LogP contribution in [0.1, 0.15) is 15.9 Å². The molecule has 0 saturated heterocycles. The summed E-state index contributed by atoms with van der Waals surface area (Å²) >= 11 is 3.39. The van der Waals surface area contributed by atoms with Crippen LogP contribution in [0.4, 0.5) is 5.69 Å². The average Bonchev–Trinajstić information content (AvgIpc) is 2.48. The molecule has 2 N–H and O–H groups in total. The van der Waals surface area contributed by atoms with Gasteiger partial charge in [-0.3, -0.25) is 9.78 Å². The maximum atomic E-state index is 12.5. The van der Waals surface area contributed by atoms with Crippen molar-refractivity contribution >= 4 is 38.3 Å². The lowest BCUT2D eigenvalue weighted by atomic mass is 10.0.